The summed E-state index contributed by atoms with van der Waals surface area (Å²) in [5.74, 6) is -0.974. The Kier molecular flexibility index (Phi) is 7.37. The maximum absolute atomic E-state index is 12.2. The Morgan fingerprint density at radius 1 is 1.26 bits per heavy atom. The predicted octanol–water partition coefficient (Wildman–Crippen LogP) is 0.397. The summed E-state index contributed by atoms with van der Waals surface area (Å²) in [5, 5.41) is 2.38. The number of nitrogens with zero attached hydrogens (tertiary/aromatic N) is 1. The molecule has 1 aliphatic heterocycles. The highest BCUT2D eigenvalue weighted by atomic mass is 16.6. The standard InChI is InChI=1S/C21H25N3O7/c1-13-10-24(21(28)23-20(13)27)18-8-16(31-19(26)9-22-14(2)25)17(30-18)12-29-11-15-6-4-3-5-7-15/h3-7,10,16-18H,8-9,11-12H2,1-2H3,(H,22,25)(H,23,27,28)/t16-,17+,18+/m0/s1. The zero-order valence-corrected chi connectivity index (χ0v) is 17.3. The lowest BCUT2D eigenvalue weighted by Gasteiger charge is -2.19. The largest absolute Gasteiger partial charge is 0.458 e. The minimum atomic E-state index is -0.744. The molecule has 3 rings (SSSR count). The second-order valence-corrected chi connectivity index (χ2v) is 7.28. The van der Waals surface area contributed by atoms with E-state index in [0.29, 0.717) is 12.2 Å². The number of nitrogens with one attached hydrogen (secondary N) is 2. The lowest BCUT2D eigenvalue weighted by Crippen LogP contribution is -2.35. The Hall–Kier alpha value is -3.24. The van der Waals surface area contributed by atoms with Crippen LogP contribution in [-0.4, -0.2) is 46.8 Å². The first-order chi connectivity index (χ1) is 14.8. The first-order valence-electron chi connectivity index (χ1n) is 9.86. The highest BCUT2D eigenvalue weighted by Gasteiger charge is 2.39. The fourth-order valence-electron chi connectivity index (χ4n) is 3.22. The molecule has 31 heavy (non-hydrogen) atoms. The van der Waals surface area contributed by atoms with E-state index in [-0.39, 0.29) is 25.5 Å². The van der Waals surface area contributed by atoms with Crippen LogP contribution in [0.1, 0.15) is 30.7 Å². The van der Waals surface area contributed by atoms with Gasteiger partial charge in [-0.1, -0.05) is 30.3 Å². The van der Waals surface area contributed by atoms with E-state index in [9.17, 15) is 19.2 Å². The summed E-state index contributed by atoms with van der Waals surface area (Å²) in [6.07, 6.45) is -0.464. The van der Waals surface area contributed by atoms with E-state index in [2.05, 4.69) is 10.3 Å². The van der Waals surface area contributed by atoms with Crippen LogP contribution in [0.15, 0.2) is 46.1 Å². The minimum Gasteiger partial charge on any atom is -0.458 e. The van der Waals surface area contributed by atoms with Gasteiger partial charge in [-0.15, -0.1) is 0 Å². The topological polar surface area (TPSA) is 129 Å². The van der Waals surface area contributed by atoms with Gasteiger partial charge in [0.2, 0.25) is 5.91 Å². The smallest absolute Gasteiger partial charge is 0.330 e. The van der Waals surface area contributed by atoms with Gasteiger partial charge >= 0.3 is 11.7 Å². The number of esters is 1. The zero-order chi connectivity index (χ0) is 22.4. The summed E-state index contributed by atoms with van der Waals surface area (Å²) >= 11 is 0. The molecule has 2 aromatic rings. The third-order valence-corrected chi connectivity index (χ3v) is 4.79. The van der Waals surface area contributed by atoms with Crippen LogP contribution in [0, 0.1) is 6.92 Å². The fraction of sp³-hybridized carbons (Fsp3) is 0.429. The van der Waals surface area contributed by atoms with Gasteiger partial charge in [-0.05, 0) is 12.5 Å². The summed E-state index contributed by atoms with van der Waals surface area (Å²) < 4.78 is 18.4. The summed E-state index contributed by atoms with van der Waals surface area (Å²) in [6, 6.07) is 9.55. The van der Waals surface area contributed by atoms with Gasteiger partial charge in [0.05, 0.1) is 13.2 Å². The average molecular weight is 431 g/mol. The molecule has 0 aliphatic carbocycles. The van der Waals surface area contributed by atoms with E-state index >= 15 is 0 Å². The average Bonchev–Trinajstić information content (AvgIpc) is 3.12. The van der Waals surface area contributed by atoms with Gasteiger partial charge in [0.1, 0.15) is 25.0 Å². The molecule has 1 saturated heterocycles. The van der Waals surface area contributed by atoms with Crippen molar-refractivity contribution in [2.75, 3.05) is 13.2 Å². The molecule has 1 aliphatic rings. The summed E-state index contributed by atoms with van der Waals surface area (Å²) in [7, 11) is 0. The van der Waals surface area contributed by atoms with Crippen molar-refractivity contribution in [1.29, 1.82) is 0 Å². The van der Waals surface area contributed by atoms with E-state index in [1.54, 1.807) is 6.92 Å². The number of ether oxygens (including phenoxy) is 3. The summed E-state index contributed by atoms with van der Waals surface area (Å²) in [5.41, 5.74) is 0.241. The monoisotopic (exact) mass is 431 g/mol. The van der Waals surface area contributed by atoms with Gasteiger partial charge in [0.25, 0.3) is 5.56 Å². The number of hydrogen-bond acceptors (Lipinski definition) is 7. The summed E-state index contributed by atoms with van der Waals surface area (Å²) in [6.45, 7) is 3.07. The summed E-state index contributed by atoms with van der Waals surface area (Å²) in [4.78, 5) is 49.3. The highest BCUT2D eigenvalue weighted by molar-refractivity contribution is 5.80. The molecule has 2 N–H and O–H groups in total. The molecular formula is C21H25N3O7. The van der Waals surface area contributed by atoms with Crippen LogP contribution >= 0.6 is 0 Å². The molecule has 1 fully saturated rings. The van der Waals surface area contributed by atoms with E-state index in [1.165, 1.54) is 17.7 Å². The predicted molar refractivity (Wildman–Crippen MR) is 109 cm³/mol. The number of benzene rings is 1. The molecule has 10 heteroatoms. The first-order valence-corrected chi connectivity index (χ1v) is 9.86. The molecule has 1 aromatic heterocycles. The molecule has 0 unspecified atom stereocenters. The third kappa shape index (κ3) is 6.12. The van der Waals surface area contributed by atoms with Crippen molar-refractivity contribution in [1.82, 2.24) is 14.9 Å². The third-order valence-electron chi connectivity index (χ3n) is 4.79. The number of carbonyl (C=O) groups excluding carboxylic acids is 2. The molecule has 3 atom stereocenters. The van der Waals surface area contributed by atoms with Crippen LogP contribution < -0.4 is 16.6 Å². The number of amides is 1. The zero-order valence-electron chi connectivity index (χ0n) is 17.3. The van der Waals surface area contributed by atoms with E-state index < -0.39 is 35.7 Å². The first kappa shape index (κ1) is 22.4. The van der Waals surface area contributed by atoms with Crippen molar-refractivity contribution >= 4 is 11.9 Å². The van der Waals surface area contributed by atoms with Gasteiger partial charge in [-0.2, -0.15) is 0 Å². The van der Waals surface area contributed by atoms with E-state index in [0.717, 1.165) is 5.56 Å². The number of aromatic nitrogens is 2. The Morgan fingerprint density at radius 3 is 2.71 bits per heavy atom. The molecule has 1 amide bonds. The van der Waals surface area contributed by atoms with Crippen molar-refractivity contribution < 1.29 is 23.8 Å². The van der Waals surface area contributed by atoms with Crippen LogP contribution in [0.3, 0.4) is 0 Å². The molecule has 0 spiro atoms. The SMILES string of the molecule is CC(=O)NCC(=O)O[C@H]1C[C@H](n2cc(C)c(=O)[nH]c2=O)O[C@@H]1COCc1ccccc1. The quantitative estimate of drug-likeness (QED) is 0.579. The maximum Gasteiger partial charge on any atom is 0.330 e. The number of H-pyrrole nitrogens is 1. The second-order valence-electron chi connectivity index (χ2n) is 7.28. The number of rotatable bonds is 8. The normalized spacial score (nSPS) is 20.4. The van der Waals surface area contributed by atoms with Crippen LogP contribution in [0.2, 0.25) is 0 Å². The van der Waals surface area contributed by atoms with Gasteiger partial charge in [-0.3, -0.25) is 23.9 Å². The van der Waals surface area contributed by atoms with E-state index in [4.69, 9.17) is 14.2 Å². The van der Waals surface area contributed by atoms with Gasteiger partial charge < -0.3 is 19.5 Å². The van der Waals surface area contributed by atoms with Crippen LogP contribution in [0.5, 0.6) is 0 Å². The van der Waals surface area contributed by atoms with Crippen molar-refractivity contribution in [3.8, 4) is 0 Å². The van der Waals surface area contributed by atoms with Crippen LogP contribution in [0.25, 0.3) is 0 Å². The number of aromatic amines is 1. The van der Waals surface area contributed by atoms with Gasteiger partial charge in [0, 0.05) is 25.1 Å². The van der Waals surface area contributed by atoms with Crippen molar-refractivity contribution in [2.24, 2.45) is 0 Å². The van der Waals surface area contributed by atoms with Gasteiger partial charge in [-0.25, -0.2) is 4.79 Å². The maximum atomic E-state index is 12.2. The molecule has 0 radical (unpaired) electrons. The minimum absolute atomic E-state index is 0.126. The molecule has 2 heterocycles. The molecule has 0 bridgehead atoms. The van der Waals surface area contributed by atoms with Crippen LogP contribution in [-0.2, 0) is 30.4 Å². The molecule has 0 saturated carbocycles. The van der Waals surface area contributed by atoms with Gasteiger partial charge in [0.15, 0.2) is 0 Å². The molecule has 1 aromatic carbocycles. The molecule has 166 valence electrons. The van der Waals surface area contributed by atoms with Crippen molar-refractivity contribution in [3.05, 3.63) is 68.5 Å². The molecular weight excluding hydrogens is 406 g/mol. The Balaban J connectivity index is 1.70. The Morgan fingerprint density at radius 2 is 2.00 bits per heavy atom. The van der Waals surface area contributed by atoms with Crippen molar-refractivity contribution in [2.45, 2.75) is 45.3 Å². The highest BCUT2D eigenvalue weighted by Crippen LogP contribution is 2.30. The van der Waals surface area contributed by atoms with Crippen molar-refractivity contribution in [3.63, 3.8) is 0 Å². The van der Waals surface area contributed by atoms with E-state index in [1.807, 2.05) is 30.3 Å². The Bertz CT molecular complexity index is 1030. The van der Waals surface area contributed by atoms with Crippen LogP contribution in [0.4, 0.5) is 0 Å². The second kappa shape index (κ2) is 10.2. The number of carbonyl (C=O) groups is 2. The lowest BCUT2D eigenvalue weighted by molar-refractivity contribution is -0.153. The number of hydrogen-bond donors (Lipinski definition) is 2. The Labute approximate surface area is 178 Å². The molecule has 10 nitrogen and oxygen atoms in total. The lowest BCUT2D eigenvalue weighted by atomic mass is 10.2. The fourth-order valence-corrected chi connectivity index (χ4v) is 3.22. The number of aryl methyl sites for hydroxylation is 1.